The van der Waals surface area contributed by atoms with E-state index in [4.69, 9.17) is 4.74 Å². The van der Waals surface area contributed by atoms with Crippen LogP contribution >= 0.6 is 0 Å². The van der Waals surface area contributed by atoms with E-state index in [0.717, 1.165) is 30.5 Å². The quantitative estimate of drug-likeness (QED) is 0.710. The topological polar surface area (TPSA) is 21.6 Å². The van der Waals surface area contributed by atoms with Gasteiger partial charge in [-0.15, -0.1) is 0 Å². The molecule has 0 aromatic rings. The molecule has 108 valence electrons. The molecule has 0 aromatic heterocycles. The molecule has 1 fully saturated rings. The Hall–Kier alpha value is -0.670. The van der Waals surface area contributed by atoms with Crippen molar-refractivity contribution in [2.24, 2.45) is 4.99 Å². The summed E-state index contributed by atoms with van der Waals surface area (Å²) in [6, 6.07) is 0. The van der Waals surface area contributed by atoms with Crippen molar-refractivity contribution >= 4 is 6.21 Å². The van der Waals surface area contributed by atoms with Crippen LogP contribution in [0.25, 0.3) is 0 Å². The number of nitrogens with zero attached hydrogens (tertiary/aromatic N) is 2. The zero-order valence-electron chi connectivity index (χ0n) is 13.0. The molecule has 0 saturated heterocycles. The molecule has 0 amide bonds. The third kappa shape index (κ3) is 2.38. The minimum absolute atomic E-state index is 0.0613. The fourth-order valence-corrected chi connectivity index (χ4v) is 3.89. The van der Waals surface area contributed by atoms with Crippen LogP contribution in [0.3, 0.4) is 0 Å². The van der Waals surface area contributed by atoms with Gasteiger partial charge in [0.25, 0.3) is 0 Å². The molecule has 3 heteroatoms. The molecule has 0 N–H and O–H groups in total. The third-order valence-corrected chi connectivity index (χ3v) is 4.85. The fourth-order valence-electron chi connectivity index (χ4n) is 3.89. The zero-order valence-corrected chi connectivity index (χ0v) is 13.0. The van der Waals surface area contributed by atoms with E-state index >= 15 is 0 Å². The summed E-state index contributed by atoms with van der Waals surface area (Å²) in [5.41, 5.74) is 0.0592. The normalized spacial score (nSPS) is 30.5. The smallest absolute Gasteiger partial charge is 0.208 e. The van der Waals surface area contributed by atoms with Crippen LogP contribution < -0.4 is 0 Å². The second-order valence-electron chi connectivity index (χ2n) is 6.79. The van der Waals surface area contributed by atoms with E-state index in [1.54, 1.807) is 0 Å². The summed E-state index contributed by atoms with van der Waals surface area (Å²) >= 11 is 0. The first-order chi connectivity index (χ1) is 8.97. The predicted molar refractivity (Wildman–Crippen MR) is 80.0 cm³/mol. The van der Waals surface area contributed by atoms with Gasteiger partial charge in [-0.25, -0.2) is 0 Å². The summed E-state index contributed by atoms with van der Waals surface area (Å²) in [7, 11) is 0. The molecule has 2 rings (SSSR count). The van der Waals surface area contributed by atoms with Crippen LogP contribution in [0.1, 0.15) is 59.8 Å². The van der Waals surface area contributed by atoms with Crippen LogP contribution in [-0.4, -0.2) is 35.1 Å². The average Bonchev–Trinajstić information content (AvgIpc) is 2.40. The van der Waals surface area contributed by atoms with Crippen molar-refractivity contribution in [3.63, 3.8) is 0 Å². The molecule has 1 unspecified atom stereocenters. The maximum Gasteiger partial charge on any atom is 0.208 e. The highest BCUT2D eigenvalue weighted by Crippen LogP contribution is 2.46. The SMILES string of the molecule is CCOC1([N+]2(C(C)(C)C)C=CN=CC2)CCCCC1. The molecule has 0 aromatic carbocycles. The molecule has 19 heavy (non-hydrogen) atoms. The van der Waals surface area contributed by atoms with Crippen LogP contribution in [0.2, 0.25) is 0 Å². The molecular formula is C16H29N2O+. The Morgan fingerprint density at radius 1 is 1.21 bits per heavy atom. The standard InChI is InChI=1S/C16H29N2O/c1-5-19-16(9-7-6-8-10-16)18(15(2,3)4)13-11-17-12-14-18/h11-13H,5-10,14H2,1-4H3/q+1. The first-order valence-electron chi connectivity index (χ1n) is 7.69. The molecule has 1 aliphatic heterocycles. The van der Waals surface area contributed by atoms with Crippen molar-refractivity contribution in [3.8, 4) is 0 Å². The summed E-state index contributed by atoms with van der Waals surface area (Å²) < 4.78 is 7.29. The average molecular weight is 265 g/mol. The van der Waals surface area contributed by atoms with Crippen LogP contribution in [0.4, 0.5) is 0 Å². The number of hydrogen-bond donors (Lipinski definition) is 0. The highest BCUT2D eigenvalue weighted by molar-refractivity contribution is 5.60. The van der Waals surface area contributed by atoms with Crippen molar-refractivity contribution < 1.29 is 9.22 Å². The Morgan fingerprint density at radius 3 is 2.37 bits per heavy atom. The van der Waals surface area contributed by atoms with Crippen molar-refractivity contribution in [2.45, 2.75) is 71.1 Å². The lowest BCUT2D eigenvalue weighted by molar-refractivity contribution is -0.991. The summed E-state index contributed by atoms with van der Waals surface area (Å²) in [5, 5.41) is 0. The number of aliphatic imine (C=N–C) groups is 1. The van der Waals surface area contributed by atoms with E-state index in [9.17, 15) is 0 Å². The number of quaternary nitrogens is 1. The van der Waals surface area contributed by atoms with E-state index in [1.807, 2.05) is 6.20 Å². The van der Waals surface area contributed by atoms with E-state index in [0.29, 0.717) is 0 Å². The monoisotopic (exact) mass is 265 g/mol. The maximum atomic E-state index is 6.40. The maximum absolute atomic E-state index is 6.40. The third-order valence-electron chi connectivity index (χ3n) is 4.85. The molecule has 3 nitrogen and oxygen atoms in total. The van der Waals surface area contributed by atoms with Gasteiger partial charge in [-0.3, -0.25) is 9.48 Å². The lowest BCUT2D eigenvalue weighted by Gasteiger charge is -2.58. The Labute approximate surface area is 117 Å². The Bertz CT molecular complexity index is 356. The summed E-state index contributed by atoms with van der Waals surface area (Å²) in [4.78, 5) is 4.30. The lowest BCUT2D eigenvalue weighted by atomic mass is 9.83. The van der Waals surface area contributed by atoms with Crippen molar-refractivity contribution in [2.75, 3.05) is 13.2 Å². The lowest BCUT2D eigenvalue weighted by Crippen LogP contribution is -2.71. The van der Waals surface area contributed by atoms with Gasteiger partial charge >= 0.3 is 0 Å². The Morgan fingerprint density at radius 2 is 1.89 bits per heavy atom. The molecule has 1 saturated carbocycles. The first-order valence-corrected chi connectivity index (χ1v) is 7.69. The van der Waals surface area contributed by atoms with Gasteiger partial charge in [0.15, 0.2) is 0 Å². The van der Waals surface area contributed by atoms with Crippen LogP contribution in [0.15, 0.2) is 17.4 Å². The van der Waals surface area contributed by atoms with Gasteiger partial charge < -0.3 is 4.74 Å². The molecule has 1 aliphatic carbocycles. The van der Waals surface area contributed by atoms with Crippen molar-refractivity contribution in [1.29, 1.82) is 0 Å². The number of ether oxygens (including phenoxy) is 1. The van der Waals surface area contributed by atoms with Crippen LogP contribution in [-0.2, 0) is 4.74 Å². The zero-order chi connectivity index (χ0) is 14.0. The summed E-state index contributed by atoms with van der Waals surface area (Å²) in [6.07, 6.45) is 12.5. The van der Waals surface area contributed by atoms with E-state index in [2.05, 4.69) is 45.1 Å². The second kappa shape index (κ2) is 5.37. The molecule has 1 atom stereocenters. The summed E-state index contributed by atoms with van der Waals surface area (Å²) in [6.45, 7) is 10.8. The van der Waals surface area contributed by atoms with Gasteiger partial charge in [-0.05, 0) is 40.5 Å². The largest absolute Gasteiger partial charge is 0.327 e. The van der Waals surface area contributed by atoms with Crippen LogP contribution in [0, 0.1) is 0 Å². The molecule has 2 aliphatic rings. The van der Waals surface area contributed by atoms with Gasteiger partial charge in [-0.2, -0.15) is 0 Å². The first kappa shape index (κ1) is 14.7. The molecule has 0 radical (unpaired) electrons. The van der Waals surface area contributed by atoms with Gasteiger partial charge in [0, 0.05) is 12.8 Å². The Balaban J connectivity index is 2.45. The van der Waals surface area contributed by atoms with Crippen molar-refractivity contribution in [1.82, 2.24) is 0 Å². The fraction of sp³-hybridized carbons (Fsp3) is 0.812. The number of hydrogen-bond acceptors (Lipinski definition) is 2. The minimum atomic E-state index is -0.0613. The van der Waals surface area contributed by atoms with Crippen LogP contribution in [0.5, 0.6) is 0 Å². The molecule has 0 bridgehead atoms. The molecule has 1 heterocycles. The van der Waals surface area contributed by atoms with Gasteiger partial charge in [-0.1, -0.05) is 6.42 Å². The van der Waals surface area contributed by atoms with Gasteiger partial charge in [0.2, 0.25) is 5.72 Å². The summed E-state index contributed by atoms with van der Waals surface area (Å²) in [5.74, 6) is 0. The second-order valence-corrected chi connectivity index (χ2v) is 6.79. The van der Waals surface area contributed by atoms with E-state index in [-0.39, 0.29) is 11.3 Å². The highest BCUT2D eigenvalue weighted by Gasteiger charge is 2.57. The molecule has 0 spiro atoms. The molecular weight excluding hydrogens is 236 g/mol. The van der Waals surface area contributed by atoms with Gasteiger partial charge in [0.1, 0.15) is 12.7 Å². The van der Waals surface area contributed by atoms with Crippen molar-refractivity contribution in [3.05, 3.63) is 12.4 Å². The minimum Gasteiger partial charge on any atom is -0.327 e. The predicted octanol–water partition coefficient (Wildman–Crippen LogP) is 3.85. The van der Waals surface area contributed by atoms with Gasteiger partial charge in [0.05, 0.1) is 24.6 Å². The highest BCUT2D eigenvalue weighted by atomic mass is 16.5. The Kier molecular flexibility index (Phi) is 4.17. The van der Waals surface area contributed by atoms with E-state index < -0.39 is 0 Å². The van der Waals surface area contributed by atoms with E-state index in [1.165, 1.54) is 19.3 Å². The number of rotatable bonds is 3.